The summed E-state index contributed by atoms with van der Waals surface area (Å²) in [5, 5.41) is 7.55. The Morgan fingerprint density at radius 1 is 1.10 bits per heavy atom. The molecule has 0 aliphatic heterocycles. The molecule has 0 unspecified atom stereocenters. The Labute approximate surface area is 163 Å². The number of anilines is 1. The molecule has 0 radical (unpaired) electrons. The Morgan fingerprint density at radius 2 is 1.86 bits per heavy atom. The van der Waals surface area contributed by atoms with Crippen molar-refractivity contribution in [3.8, 4) is 23.0 Å². The van der Waals surface area contributed by atoms with E-state index >= 15 is 0 Å². The van der Waals surface area contributed by atoms with Gasteiger partial charge in [0.2, 0.25) is 5.82 Å². The van der Waals surface area contributed by atoms with Gasteiger partial charge in [-0.25, -0.2) is 9.97 Å². The summed E-state index contributed by atoms with van der Waals surface area (Å²) in [6, 6.07) is 5.18. The molecule has 29 heavy (non-hydrogen) atoms. The zero-order valence-corrected chi connectivity index (χ0v) is 15.9. The van der Waals surface area contributed by atoms with Gasteiger partial charge in [0.15, 0.2) is 11.5 Å². The number of halogens is 3. The van der Waals surface area contributed by atoms with Crippen molar-refractivity contribution in [2.45, 2.75) is 26.9 Å². The molecule has 0 aliphatic rings. The Kier molecular flexibility index (Phi) is 4.04. The molecule has 0 spiro atoms. The fourth-order valence-corrected chi connectivity index (χ4v) is 2.94. The average Bonchev–Trinajstić information content (AvgIpc) is 3.23. The number of aromatic nitrogens is 5. The maximum absolute atomic E-state index is 13.1. The number of fused-ring (bicyclic) bond motifs is 2. The molecule has 4 rings (SSSR count). The van der Waals surface area contributed by atoms with Crippen LogP contribution in [0.25, 0.3) is 33.2 Å². The minimum absolute atomic E-state index is 0.0163. The Bertz CT molecular complexity index is 1300. The van der Waals surface area contributed by atoms with E-state index in [4.69, 9.17) is 5.73 Å². The minimum atomic E-state index is -4.60. The summed E-state index contributed by atoms with van der Waals surface area (Å²) >= 11 is 0. The molecule has 0 bridgehead atoms. The van der Waals surface area contributed by atoms with Gasteiger partial charge in [-0.3, -0.25) is 5.10 Å². The van der Waals surface area contributed by atoms with Crippen molar-refractivity contribution in [3.05, 3.63) is 35.8 Å². The van der Waals surface area contributed by atoms with Gasteiger partial charge in [0.25, 0.3) is 0 Å². The molecular weight excluding hydrogens is 381 g/mol. The van der Waals surface area contributed by atoms with Crippen molar-refractivity contribution in [1.82, 2.24) is 25.1 Å². The summed E-state index contributed by atoms with van der Waals surface area (Å²) in [4.78, 5) is 9.86. The predicted octanol–water partition coefficient (Wildman–Crippen LogP) is 4.50. The number of nitrogens with zero attached hydrogens (tertiary/aromatic N) is 3. The smallest absolute Gasteiger partial charge is 0.382 e. The summed E-state index contributed by atoms with van der Waals surface area (Å²) in [5.41, 5.74) is 8.39. The number of aromatic amines is 2. The number of nitrogen functional groups attached to an aromatic ring is 1. The van der Waals surface area contributed by atoms with E-state index in [9.17, 15) is 13.2 Å². The van der Waals surface area contributed by atoms with Gasteiger partial charge in [0.05, 0.1) is 16.6 Å². The SMILES string of the molecule is CC(C)(C)C#Cc1cc(-c2ccnc3nc(C(F)(F)F)[nH]c23)cc2c(N)n[nH]c12. The quantitative estimate of drug-likeness (QED) is 0.411. The molecule has 6 nitrogen and oxygen atoms in total. The van der Waals surface area contributed by atoms with E-state index in [0.717, 1.165) is 0 Å². The Hall–Kier alpha value is -3.54. The highest BCUT2D eigenvalue weighted by Crippen LogP contribution is 2.34. The van der Waals surface area contributed by atoms with Crippen molar-refractivity contribution in [3.63, 3.8) is 0 Å². The summed E-state index contributed by atoms with van der Waals surface area (Å²) < 4.78 is 39.3. The standard InChI is InChI=1S/C20H17F3N6/c1-19(2,3)6-4-10-8-11(9-13-14(10)28-29-16(13)24)12-5-7-25-17-15(12)26-18(27-17)20(21,22)23/h5,7-9H,1-3H3,(H3,24,28,29)(H,25,26,27). The fourth-order valence-electron chi connectivity index (χ4n) is 2.94. The molecule has 0 saturated carbocycles. The van der Waals surface area contributed by atoms with Crippen molar-refractivity contribution in [2.75, 3.05) is 5.73 Å². The average molecular weight is 398 g/mol. The number of H-pyrrole nitrogens is 2. The summed E-state index contributed by atoms with van der Waals surface area (Å²) in [6.07, 6.45) is -3.18. The fraction of sp³-hybridized carbons (Fsp3) is 0.250. The lowest BCUT2D eigenvalue weighted by Gasteiger charge is -2.08. The van der Waals surface area contributed by atoms with Crippen LogP contribution in [0.2, 0.25) is 0 Å². The van der Waals surface area contributed by atoms with Gasteiger partial charge >= 0.3 is 6.18 Å². The van der Waals surface area contributed by atoms with Crippen molar-refractivity contribution in [2.24, 2.45) is 5.41 Å². The second-order valence-corrected chi connectivity index (χ2v) is 7.70. The van der Waals surface area contributed by atoms with Crippen LogP contribution in [0.3, 0.4) is 0 Å². The van der Waals surface area contributed by atoms with Gasteiger partial charge < -0.3 is 10.7 Å². The first-order valence-corrected chi connectivity index (χ1v) is 8.76. The van der Waals surface area contributed by atoms with Crippen LogP contribution in [0.4, 0.5) is 19.0 Å². The number of alkyl halides is 3. The van der Waals surface area contributed by atoms with E-state index < -0.39 is 12.0 Å². The molecule has 0 atom stereocenters. The minimum Gasteiger partial charge on any atom is -0.382 e. The summed E-state index contributed by atoms with van der Waals surface area (Å²) in [5.74, 6) is 5.48. The maximum atomic E-state index is 13.1. The van der Waals surface area contributed by atoms with Crippen LogP contribution in [-0.4, -0.2) is 25.1 Å². The van der Waals surface area contributed by atoms with Crippen LogP contribution in [0.5, 0.6) is 0 Å². The molecule has 0 amide bonds. The lowest BCUT2D eigenvalue weighted by atomic mass is 9.96. The van der Waals surface area contributed by atoms with E-state index in [1.807, 2.05) is 20.8 Å². The maximum Gasteiger partial charge on any atom is 0.449 e. The van der Waals surface area contributed by atoms with Gasteiger partial charge in [-0.2, -0.15) is 18.3 Å². The second-order valence-electron chi connectivity index (χ2n) is 7.70. The van der Waals surface area contributed by atoms with Gasteiger partial charge in [0, 0.05) is 22.6 Å². The first kappa shape index (κ1) is 18.8. The lowest BCUT2D eigenvalue weighted by molar-refractivity contribution is -0.144. The van der Waals surface area contributed by atoms with Crippen molar-refractivity contribution < 1.29 is 13.2 Å². The van der Waals surface area contributed by atoms with Crippen LogP contribution in [0.15, 0.2) is 24.4 Å². The normalized spacial score (nSPS) is 12.3. The molecule has 3 heterocycles. The molecule has 4 N–H and O–H groups in total. The highest BCUT2D eigenvalue weighted by molar-refractivity contribution is 5.99. The highest BCUT2D eigenvalue weighted by Gasteiger charge is 2.35. The lowest BCUT2D eigenvalue weighted by Crippen LogP contribution is -2.06. The zero-order valence-electron chi connectivity index (χ0n) is 15.9. The van der Waals surface area contributed by atoms with Gasteiger partial charge in [0.1, 0.15) is 0 Å². The molecule has 4 aromatic rings. The largest absolute Gasteiger partial charge is 0.449 e. The van der Waals surface area contributed by atoms with E-state index in [2.05, 4.69) is 37.0 Å². The van der Waals surface area contributed by atoms with Crippen LogP contribution in [-0.2, 0) is 6.18 Å². The van der Waals surface area contributed by atoms with Gasteiger partial charge in [-0.15, -0.1) is 0 Å². The number of imidazole rings is 1. The summed E-state index contributed by atoms with van der Waals surface area (Å²) in [7, 11) is 0. The van der Waals surface area contributed by atoms with E-state index in [1.165, 1.54) is 6.20 Å². The number of hydrogen-bond donors (Lipinski definition) is 3. The Balaban J connectivity index is 1.98. The number of rotatable bonds is 1. The third-order valence-corrected chi connectivity index (χ3v) is 4.25. The monoisotopic (exact) mass is 398 g/mol. The van der Waals surface area contributed by atoms with Crippen LogP contribution < -0.4 is 5.73 Å². The number of benzene rings is 1. The first-order chi connectivity index (χ1) is 13.5. The number of nitrogens with two attached hydrogens (primary N) is 1. The summed E-state index contributed by atoms with van der Waals surface area (Å²) in [6.45, 7) is 5.95. The van der Waals surface area contributed by atoms with Gasteiger partial charge in [-0.05, 0) is 44.5 Å². The van der Waals surface area contributed by atoms with Gasteiger partial charge in [-0.1, -0.05) is 11.8 Å². The van der Waals surface area contributed by atoms with Crippen LogP contribution >= 0.6 is 0 Å². The second kappa shape index (κ2) is 6.24. The highest BCUT2D eigenvalue weighted by atomic mass is 19.4. The van der Waals surface area contributed by atoms with Crippen LogP contribution in [0, 0.1) is 17.3 Å². The number of hydrogen-bond acceptors (Lipinski definition) is 4. The molecule has 0 fully saturated rings. The zero-order chi connectivity index (χ0) is 21.0. The van der Waals surface area contributed by atoms with E-state index in [-0.39, 0.29) is 22.4 Å². The molecule has 148 valence electrons. The Morgan fingerprint density at radius 3 is 2.55 bits per heavy atom. The van der Waals surface area contributed by atoms with Crippen LogP contribution in [0.1, 0.15) is 32.2 Å². The number of nitrogens with one attached hydrogen (secondary N) is 2. The molecule has 0 aliphatic carbocycles. The third kappa shape index (κ3) is 3.49. The molecule has 1 aromatic carbocycles. The predicted molar refractivity (Wildman–Crippen MR) is 105 cm³/mol. The molecule has 9 heteroatoms. The van der Waals surface area contributed by atoms with E-state index in [0.29, 0.717) is 27.6 Å². The molecular formula is C20H17F3N6. The topological polar surface area (TPSA) is 96.3 Å². The molecule has 0 saturated heterocycles. The molecule has 3 aromatic heterocycles. The number of pyridine rings is 1. The first-order valence-electron chi connectivity index (χ1n) is 8.76. The van der Waals surface area contributed by atoms with Crippen molar-refractivity contribution >= 4 is 27.9 Å². The third-order valence-electron chi connectivity index (χ3n) is 4.25. The van der Waals surface area contributed by atoms with Crippen molar-refractivity contribution in [1.29, 1.82) is 0 Å². The van der Waals surface area contributed by atoms with E-state index in [1.54, 1.807) is 18.2 Å².